The van der Waals surface area contributed by atoms with Crippen LogP contribution in [-0.2, 0) is 13.6 Å². The Morgan fingerprint density at radius 3 is 2.25 bits per heavy atom. The standard InChI is InChI=1S/C16H30N4/c1-11(2)13-6-8-14(9-7-13)17-10-15-18-19-16(12(3)4)20(15)5/h11-14,17H,6-10H2,1-5H3. The molecule has 1 heterocycles. The predicted molar refractivity (Wildman–Crippen MR) is 82.5 cm³/mol. The Bertz CT molecular complexity index is 414. The molecule has 0 bridgehead atoms. The van der Waals surface area contributed by atoms with Gasteiger partial charge < -0.3 is 9.88 Å². The van der Waals surface area contributed by atoms with E-state index in [1.54, 1.807) is 0 Å². The Kier molecular flexibility index (Phi) is 5.19. The van der Waals surface area contributed by atoms with E-state index in [1.165, 1.54) is 25.7 Å². The monoisotopic (exact) mass is 278 g/mol. The van der Waals surface area contributed by atoms with Gasteiger partial charge in [0.1, 0.15) is 11.6 Å². The summed E-state index contributed by atoms with van der Waals surface area (Å²) in [6.07, 6.45) is 5.34. The van der Waals surface area contributed by atoms with Gasteiger partial charge in [0.2, 0.25) is 0 Å². The molecule has 1 aliphatic rings. The van der Waals surface area contributed by atoms with Crippen LogP contribution in [0.2, 0.25) is 0 Å². The Morgan fingerprint density at radius 1 is 1.10 bits per heavy atom. The predicted octanol–water partition coefficient (Wildman–Crippen LogP) is 3.24. The van der Waals surface area contributed by atoms with Crippen molar-refractivity contribution < 1.29 is 0 Å². The van der Waals surface area contributed by atoms with Gasteiger partial charge in [-0.25, -0.2) is 0 Å². The molecule has 1 saturated carbocycles. The van der Waals surface area contributed by atoms with E-state index in [0.29, 0.717) is 12.0 Å². The topological polar surface area (TPSA) is 42.7 Å². The maximum atomic E-state index is 4.32. The van der Waals surface area contributed by atoms with Gasteiger partial charge >= 0.3 is 0 Å². The van der Waals surface area contributed by atoms with Crippen molar-refractivity contribution in [1.29, 1.82) is 0 Å². The first-order valence-electron chi connectivity index (χ1n) is 8.10. The lowest BCUT2D eigenvalue weighted by Crippen LogP contribution is -2.34. The van der Waals surface area contributed by atoms with E-state index >= 15 is 0 Å². The van der Waals surface area contributed by atoms with E-state index in [1.807, 2.05) is 0 Å². The van der Waals surface area contributed by atoms with Gasteiger partial charge in [-0.1, -0.05) is 27.7 Å². The Hall–Kier alpha value is -0.900. The molecule has 0 amide bonds. The minimum atomic E-state index is 0.433. The Morgan fingerprint density at radius 2 is 1.75 bits per heavy atom. The summed E-state index contributed by atoms with van der Waals surface area (Å²) < 4.78 is 2.14. The van der Waals surface area contributed by atoms with Crippen LogP contribution in [0.3, 0.4) is 0 Å². The molecule has 1 aliphatic carbocycles. The molecule has 0 aromatic carbocycles. The molecule has 2 rings (SSSR count). The van der Waals surface area contributed by atoms with Crippen LogP contribution in [0.25, 0.3) is 0 Å². The molecule has 1 fully saturated rings. The van der Waals surface area contributed by atoms with Crippen LogP contribution in [0.4, 0.5) is 0 Å². The van der Waals surface area contributed by atoms with Crippen LogP contribution < -0.4 is 5.32 Å². The van der Waals surface area contributed by atoms with E-state index in [0.717, 1.165) is 30.0 Å². The highest BCUT2D eigenvalue weighted by Crippen LogP contribution is 2.29. The number of hydrogen-bond donors (Lipinski definition) is 1. The van der Waals surface area contributed by atoms with Crippen molar-refractivity contribution in [2.24, 2.45) is 18.9 Å². The van der Waals surface area contributed by atoms with Gasteiger partial charge in [0, 0.05) is 19.0 Å². The van der Waals surface area contributed by atoms with Gasteiger partial charge in [-0.05, 0) is 37.5 Å². The summed E-state index contributed by atoms with van der Waals surface area (Å²) in [5.74, 6) is 4.33. The van der Waals surface area contributed by atoms with Crippen molar-refractivity contribution in [2.45, 2.75) is 71.9 Å². The van der Waals surface area contributed by atoms with E-state index in [4.69, 9.17) is 0 Å². The first kappa shape index (κ1) is 15.5. The smallest absolute Gasteiger partial charge is 0.146 e. The van der Waals surface area contributed by atoms with Crippen molar-refractivity contribution in [3.63, 3.8) is 0 Å². The largest absolute Gasteiger partial charge is 0.317 e. The van der Waals surface area contributed by atoms with Gasteiger partial charge in [-0.15, -0.1) is 10.2 Å². The van der Waals surface area contributed by atoms with Crippen molar-refractivity contribution >= 4 is 0 Å². The molecule has 114 valence electrons. The zero-order chi connectivity index (χ0) is 14.7. The van der Waals surface area contributed by atoms with E-state index in [-0.39, 0.29) is 0 Å². The second-order valence-electron chi connectivity index (χ2n) is 6.92. The SMILES string of the molecule is CC(C)c1nnc(CNC2CCC(C(C)C)CC2)n1C. The molecule has 4 nitrogen and oxygen atoms in total. The molecule has 0 spiro atoms. The average Bonchev–Trinajstić information content (AvgIpc) is 2.78. The minimum absolute atomic E-state index is 0.433. The third kappa shape index (κ3) is 3.60. The Labute approximate surface area is 123 Å². The fourth-order valence-corrected chi connectivity index (χ4v) is 3.26. The first-order valence-corrected chi connectivity index (χ1v) is 8.10. The summed E-state index contributed by atoms with van der Waals surface area (Å²) in [4.78, 5) is 0. The van der Waals surface area contributed by atoms with Crippen molar-refractivity contribution in [1.82, 2.24) is 20.1 Å². The number of nitrogens with one attached hydrogen (secondary N) is 1. The molecule has 1 N–H and O–H groups in total. The van der Waals surface area contributed by atoms with Gasteiger partial charge in [-0.3, -0.25) is 0 Å². The van der Waals surface area contributed by atoms with Crippen LogP contribution in [0.15, 0.2) is 0 Å². The maximum Gasteiger partial charge on any atom is 0.146 e. The van der Waals surface area contributed by atoms with Crippen molar-refractivity contribution in [3.05, 3.63) is 11.6 Å². The number of hydrogen-bond acceptors (Lipinski definition) is 3. The highest BCUT2D eigenvalue weighted by molar-refractivity contribution is 4.99. The molecular formula is C16H30N4. The molecule has 0 aliphatic heterocycles. The van der Waals surface area contributed by atoms with Gasteiger partial charge in [0.05, 0.1) is 6.54 Å². The summed E-state index contributed by atoms with van der Waals surface area (Å²) in [5.41, 5.74) is 0. The van der Waals surface area contributed by atoms with Crippen molar-refractivity contribution in [3.8, 4) is 0 Å². The van der Waals surface area contributed by atoms with Crippen LogP contribution in [0, 0.1) is 11.8 Å². The summed E-state index contributed by atoms with van der Waals surface area (Å²) >= 11 is 0. The lowest BCUT2D eigenvalue weighted by Gasteiger charge is -2.31. The molecule has 0 saturated heterocycles. The number of nitrogens with zero attached hydrogens (tertiary/aromatic N) is 3. The van der Waals surface area contributed by atoms with Gasteiger partial charge in [0.15, 0.2) is 0 Å². The third-order valence-corrected chi connectivity index (χ3v) is 4.78. The summed E-state index contributed by atoms with van der Waals surface area (Å²) in [6.45, 7) is 9.87. The molecular weight excluding hydrogens is 248 g/mol. The summed E-state index contributed by atoms with van der Waals surface area (Å²) in [6, 6.07) is 0.657. The maximum absolute atomic E-state index is 4.32. The van der Waals surface area contributed by atoms with Crippen LogP contribution >= 0.6 is 0 Å². The molecule has 4 heteroatoms. The summed E-state index contributed by atoms with van der Waals surface area (Å²) in [5, 5.41) is 12.3. The minimum Gasteiger partial charge on any atom is -0.317 e. The second kappa shape index (κ2) is 6.70. The van der Waals surface area contributed by atoms with E-state index in [2.05, 4.69) is 54.8 Å². The van der Waals surface area contributed by atoms with Crippen LogP contribution in [-0.4, -0.2) is 20.8 Å². The Balaban J connectivity index is 1.82. The highest BCUT2D eigenvalue weighted by atomic mass is 15.3. The van der Waals surface area contributed by atoms with Gasteiger partial charge in [0.25, 0.3) is 0 Å². The zero-order valence-corrected chi connectivity index (χ0v) is 13.7. The van der Waals surface area contributed by atoms with E-state index in [9.17, 15) is 0 Å². The molecule has 1 aromatic rings. The third-order valence-electron chi connectivity index (χ3n) is 4.78. The van der Waals surface area contributed by atoms with Crippen LogP contribution in [0.5, 0.6) is 0 Å². The molecule has 0 unspecified atom stereocenters. The normalized spacial score (nSPS) is 23.8. The van der Waals surface area contributed by atoms with Crippen molar-refractivity contribution in [2.75, 3.05) is 0 Å². The molecule has 20 heavy (non-hydrogen) atoms. The lowest BCUT2D eigenvalue weighted by atomic mass is 9.80. The van der Waals surface area contributed by atoms with Gasteiger partial charge in [-0.2, -0.15) is 0 Å². The molecule has 0 atom stereocenters. The van der Waals surface area contributed by atoms with Crippen LogP contribution in [0.1, 0.15) is 70.9 Å². The fraction of sp³-hybridized carbons (Fsp3) is 0.875. The summed E-state index contributed by atoms with van der Waals surface area (Å²) in [7, 11) is 2.07. The fourth-order valence-electron chi connectivity index (χ4n) is 3.26. The average molecular weight is 278 g/mol. The first-order chi connectivity index (χ1) is 9.49. The second-order valence-corrected chi connectivity index (χ2v) is 6.92. The lowest BCUT2D eigenvalue weighted by molar-refractivity contribution is 0.237. The zero-order valence-electron chi connectivity index (χ0n) is 13.7. The quantitative estimate of drug-likeness (QED) is 0.899. The molecule has 1 aromatic heterocycles. The molecule has 0 radical (unpaired) electrons. The number of aromatic nitrogens is 3. The highest BCUT2D eigenvalue weighted by Gasteiger charge is 2.23. The van der Waals surface area contributed by atoms with E-state index < -0.39 is 0 Å². The number of rotatable bonds is 5.